The van der Waals surface area contributed by atoms with Crippen molar-refractivity contribution in [1.29, 1.82) is 0 Å². The van der Waals surface area contributed by atoms with Gasteiger partial charge in [0.25, 0.3) is 5.91 Å². The number of likely N-dealkylation sites (N-methyl/N-ethyl adjacent to an activating group) is 1. The molecule has 1 aromatic heterocycles. The van der Waals surface area contributed by atoms with Crippen molar-refractivity contribution in [1.82, 2.24) is 4.90 Å². The molecule has 2 aliphatic heterocycles. The lowest BCUT2D eigenvalue weighted by atomic mass is 9.95. The van der Waals surface area contributed by atoms with Crippen LogP contribution in [0, 0.1) is 11.7 Å². The molecule has 0 bridgehead atoms. The first kappa shape index (κ1) is 25.1. The topological polar surface area (TPSA) is 65.0 Å². The third-order valence-corrected chi connectivity index (χ3v) is 7.13. The summed E-state index contributed by atoms with van der Waals surface area (Å²) in [6.07, 6.45) is -3.86. The number of carbonyl (C=O) groups is 2. The molecule has 35 heavy (non-hydrogen) atoms. The lowest BCUT2D eigenvalue weighted by molar-refractivity contribution is -0.124. The van der Waals surface area contributed by atoms with Crippen LogP contribution in [0.3, 0.4) is 0 Å². The van der Waals surface area contributed by atoms with Gasteiger partial charge in [0, 0.05) is 43.0 Å². The van der Waals surface area contributed by atoms with Crippen LogP contribution >= 0.6 is 11.3 Å². The van der Waals surface area contributed by atoms with E-state index >= 15 is 4.39 Å². The fourth-order valence-corrected chi connectivity index (χ4v) is 4.99. The molecule has 6 nitrogen and oxygen atoms in total. The largest absolute Gasteiger partial charge is 0.414 e. The third-order valence-electron chi connectivity index (χ3n) is 6.45. The number of anilines is 2. The number of nitrogens with zero attached hydrogens (tertiary/aromatic N) is 3. The van der Waals surface area contributed by atoms with E-state index in [2.05, 4.69) is 15.2 Å². The van der Waals surface area contributed by atoms with Gasteiger partial charge in [0.2, 0.25) is 5.91 Å². The number of amides is 2. The van der Waals surface area contributed by atoms with E-state index in [-0.39, 0.29) is 23.3 Å². The van der Waals surface area contributed by atoms with Crippen LogP contribution in [0.5, 0.6) is 0 Å². The second kappa shape index (κ2) is 9.54. The summed E-state index contributed by atoms with van der Waals surface area (Å²) in [6.45, 7) is 5.11. The number of aliphatic imine (C=N–C) groups is 1. The summed E-state index contributed by atoms with van der Waals surface area (Å²) in [5, 5.41) is 6.09. The second-order valence-corrected chi connectivity index (χ2v) is 9.59. The average molecular weight is 509 g/mol. The van der Waals surface area contributed by atoms with E-state index in [9.17, 15) is 22.8 Å². The summed E-state index contributed by atoms with van der Waals surface area (Å²) in [4.78, 5) is 32.0. The summed E-state index contributed by atoms with van der Waals surface area (Å²) in [7, 11) is 1.99. The molecular formula is C24H24F4N4O2S. The zero-order valence-corrected chi connectivity index (χ0v) is 20.1. The fourth-order valence-electron chi connectivity index (χ4n) is 4.33. The van der Waals surface area contributed by atoms with E-state index in [4.69, 9.17) is 0 Å². The first-order chi connectivity index (χ1) is 16.5. The molecule has 2 aliphatic rings. The Labute approximate surface area is 203 Å². The molecule has 2 amide bonds. The van der Waals surface area contributed by atoms with Gasteiger partial charge < -0.3 is 10.2 Å². The summed E-state index contributed by atoms with van der Waals surface area (Å²) < 4.78 is 55.8. The average Bonchev–Trinajstić information content (AvgIpc) is 3.32. The molecular weight excluding hydrogens is 484 g/mol. The molecule has 1 unspecified atom stereocenters. The Morgan fingerprint density at radius 2 is 1.89 bits per heavy atom. The Morgan fingerprint density at radius 3 is 2.49 bits per heavy atom. The molecule has 186 valence electrons. The van der Waals surface area contributed by atoms with Gasteiger partial charge in [-0.3, -0.25) is 14.5 Å². The van der Waals surface area contributed by atoms with E-state index in [0.29, 0.717) is 36.6 Å². The van der Waals surface area contributed by atoms with Crippen LogP contribution in [0.15, 0.2) is 45.6 Å². The molecule has 1 N–H and O–H groups in total. The molecule has 3 heterocycles. The zero-order chi connectivity index (χ0) is 25.5. The van der Waals surface area contributed by atoms with Gasteiger partial charge in [-0.1, -0.05) is 0 Å². The molecule has 0 aliphatic carbocycles. The molecule has 1 aromatic carbocycles. The Hall–Kier alpha value is -3.05. The standard InChI is InChI=1S/C24H24F4N4O2S/c1-13-10-32(11-14(2)31(13)3)21-8-19(25)16(15-4-5-35-12-15)6-20(21)30-23(34)17-9-29-22(33)7-18(17)24(26,27)28/h4-9,12-14,17H,10-11H2,1-3H3,(H,30,34)/t13-,14+,17?. The van der Waals surface area contributed by atoms with Gasteiger partial charge in [-0.05, 0) is 55.4 Å². The number of dihydropyridines is 1. The molecule has 4 rings (SSSR count). The number of carbonyl (C=O) groups excluding carboxylic acids is 2. The lowest BCUT2D eigenvalue weighted by Crippen LogP contribution is -2.55. The molecule has 0 radical (unpaired) electrons. The van der Waals surface area contributed by atoms with Crippen LogP contribution in [0.4, 0.5) is 28.9 Å². The van der Waals surface area contributed by atoms with Crippen molar-refractivity contribution in [3.63, 3.8) is 0 Å². The highest BCUT2D eigenvalue weighted by atomic mass is 32.1. The van der Waals surface area contributed by atoms with Crippen molar-refractivity contribution in [3.8, 4) is 11.1 Å². The number of hydrogen-bond donors (Lipinski definition) is 1. The molecule has 3 atom stereocenters. The van der Waals surface area contributed by atoms with Gasteiger partial charge in [-0.25, -0.2) is 9.38 Å². The van der Waals surface area contributed by atoms with Gasteiger partial charge in [-0.15, -0.1) is 0 Å². The van der Waals surface area contributed by atoms with E-state index in [0.717, 1.165) is 0 Å². The van der Waals surface area contributed by atoms with Crippen molar-refractivity contribution in [3.05, 3.63) is 46.4 Å². The second-order valence-electron chi connectivity index (χ2n) is 8.81. The van der Waals surface area contributed by atoms with Crippen molar-refractivity contribution >= 4 is 40.7 Å². The van der Waals surface area contributed by atoms with Crippen LogP contribution in [0.1, 0.15) is 13.8 Å². The highest BCUT2D eigenvalue weighted by Crippen LogP contribution is 2.38. The molecule has 2 aromatic rings. The number of benzene rings is 1. The van der Waals surface area contributed by atoms with E-state index in [1.54, 1.807) is 16.8 Å². The predicted octanol–water partition coefficient (Wildman–Crippen LogP) is 4.74. The quantitative estimate of drug-likeness (QED) is 0.607. The normalized spacial score (nSPS) is 23.4. The predicted molar refractivity (Wildman–Crippen MR) is 128 cm³/mol. The van der Waals surface area contributed by atoms with Crippen molar-refractivity contribution in [2.45, 2.75) is 32.1 Å². The van der Waals surface area contributed by atoms with Crippen LogP contribution in [-0.2, 0) is 9.59 Å². The summed E-state index contributed by atoms with van der Waals surface area (Å²) in [5.74, 6) is -4.40. The van der Waals surface area contributed by atoms with E-state index < -0.39 is 35.3 Å². The maximum Gasteiger partial charge on any atom is 0.414 e. The number of piperazine rings is 1. The smallest absolute Gasteiger partial charge is 0.367 e. The molecule has 0 spiro atoms. The summed E-state index contributed by atoms with van der Waals surface area (Å²) in [6, 6.07) is 4.72. The van der Waals surface area contributed by atoms with Gasteiger partial charge in [0.1, 0.15) is 11.7 Å². The Bertz CT molecular complexity index is 1180. The number of hydrogen-bond acceptors (Lipinski definition) is 5. The molecule has 0 saturated carbocycles. The van der Waals surface area contributed by atoms with Gasteiger partial charge in [0.15, 0.2) is 0 Å². The number of alkyl halides is 3. The van der Waals surface area contributed by atoms with E-state index in [1.807, 2.05) is 25.8 Å². The minimum atomic E-state index is -4.89. The highest BCUT2D eigenvalue weighted by molar-refractivity contribution is 7.08. The first-order valence-corrected chi connectivity index (χ1v) is 11.9. The van der Waals surface area contributed by atoms with Crippen LogP contribution in [-0.4, -0.2) is 61.3 Å². The SMILES string of the molecule is C[C@@H]1CN(c2cc(F)c(-c3ccsc3)cc2NC(=O)C2C=NC(=O)C=C2C(F)(F)F)C[C@H](C)N1C. The Morgan fingerprint density at radius 1 is 1.20 bits per heavy atom. The number of rotatable bonds is 4. The zero-order valence-electron chi connectivity index (χ0n) is 19.3. The van der Waals surface area contributed by atoms with Crippen LogP contribution in [0.25, 0.3) is 11.1 Å². The minimum absolute atomic E-state index is 0.123. The highest BCUT2D eigenvalue weighted by Gasteiger charge is 2.43. The Balaban J connectivity index is 1.74. The van der Waals surface area contributed by atoms with Gasteiger partial charge in [0.05, 0.1) is 16.9 Å². The fraction of sp³-hybridized carbons (Fsp3) is 0.375. The number of nitrogens with one attached hydrogen (secondary N) is 1. The van der Waals surface area contributed by atoms with Crippen molar-refractivity contribution in [2.75, 3.05) is 30.4 Å². The number of halogens is 4. The summed E-state index contributed by atoms with van der Waals surface area (Å²) in [5.41, 5.74) is 0.0879. The van der Waals surface area contributed by atoms with Crippen molar-refractivity contribution in [2.24, 2.45) is 10.9 Å². The lowest BCUT2D eigenvalue weighted by Gasteiger charge is -2.44. The number of thiophene rings is 1. The van der Waals surface area contributed by atoms with Crippen LogP contribution < -0.4 is 10.2 Å². The first-order valence-electron chi connectivity index (χ1n) is 11.0. The van der Waals surface area contributed by atoms with Gasteiger partial charge >= 0.3 is 6.18 Å². The van der Waals surface area contributed by atoms with Crippen molar-refractivity contribution < 1.29 is 27.2 Å². The third kappa shape index (κ3) is 5.15. The monoisotopic (exact) mass is 508 g/mol. The maximum atomic E-state index is 15.2. The summed E-state index contributed by atoms with van der Waals surface area (Å²) >= 11 is 1.37. The van der Waals surface area contributed by atoms with Gasteiger partial charge in [-0.2, -0.15) is 24.5 Å². The van der Waals surface area contributed by atoms with Crippen LogP contribution in [0.2, 0.25) is 0 Å². The van der Waals surface area contributed by atoms with E-state index in [1.165, 1.54) is 23.5 Å². The molecule has 11 heteroatoms. The minimum Gasteiger partial charge on any atom is -0.367 e. The molecule has 1 fully saturated rings. The Kier molecular flexibility index (Phi) is 6.83. The maximum absolute atomic E-state index is 15.2. The molecule has 1 saturated heterocycles.